The Morgan fingerprint density at radius 2 is 1.75 bits per heavy atom. The van der Waals surface area contributed by atoms with E-state index in [0.29, 0.717) is 25.2 Å². The number of ether oxygens (including phenoxy) is 1. The lowest BCUT2D eigenvalue weighted by Crippen LogP contribution is -2.51. The molecule has 0 bridgehead atoms. The zero-order valence-corrected chi connectivity index (χ0v) is 21.6. The molecule has 1 aromatic carbocycles. The van der Waals surface area contributed by atoms with Crippen molar-refractivity contribution in [1.29, 1.82) is 0 Å². The number of hydrogen-bond acceptors (Lipinski definition) is 4. The first-order chi connectivity index (χ1) is 15.2. The molecule has 0 radical (unpaired) electrons. The van der Waals surface area contributed by atoms with E-state index in [0.717, 1.165) is 64.6 Å². The fourth-order valence-corrected chi connectivity index (χ4v) is 5.07. The number of nitrogens with zero attached hydrogens (tertiary/aromatic N) is 4. The van der Waals surface area contributed by atoms with E-state index in [1.54, 1.807) is 0 Å². The van der Waals surface area contributed by atoms with E-state index in [-0.39, 0.29) is 29.9 Å². The third kappa shape index (κ3) is 6.57. The second-order valence-electron chi connectivity index (χ2n) is 8.88. The van der Waals surface area contributed by atoms with E-state index < -0.39 is 0 Å². The highest BCUT2D eigenvalue weighted by Gasteiger charge is 2.31. The smallest absolute Gasteiger partial charge is 0.225 e. The Bertz CT molecular complexity index is 733. The van der Waals surface area contributed by atoms with Gasteiger partial charge in [0.2, 0.25) is 5.91 Å². The van der Waals surface area contributed by atoms with Crippen molar-refractivity contribution in [2.45, 2.75) is 38.3 Å². The van der Waals surface area contributed by atoms with E-state index in [2.05, 4.69) is 50.4 Å². The maximum Gasteiger partial charge on any atom is 0.225 e. The molecule has 0 aromatic heterocycles. The number of piperidine rings is 1. The summed E-state index contributed by atoms with van der Waals surface area (Å²) in [4.78, 5) is 24.2. The predicted molar refractivity (Wildman–Crippen MR) is 138 cm³/mol. The van der Waals surface area contributed by atoms with Crippen LogP contribution in [-0.2, 0) is 16.1 Å². The summed E-state index contributed by atoms with van der Waals surface area (Å²) in [6.45, 7) is 7.69. The van der Waals surface area contributed by atoms with Crippen molar-refractivity contribution >= 4 is 35.8 Å². The third-order valence-electron chi connectivity index (χ3n) is 6.90. The maximum atomic E-state index is 12.8. The summed E-state index contributed by atoms with van der Waals surface area (Å²) in [5.41, 5.74) is 1.38. The van der Waals surface area contributed by atoms with Crippen molar-refractivity contribution in [1.82, 2.24) is 20.0 Å². The van der Waals surface area contributed by atoms with E-state index in [1.165, 1.54) is 18.4 Å². The Morgan fingerprint density at radius 3 is 2.44 bits per heavy atom. The Kier molecular flexibility index (Phi) is 10.1. The standard InChI is InChI=1S/C24H37N5O2.HI/c1-25-24(26-18-22-8-5-11-29(22)19-20-6-3-2-4-7-20)28-12-9-21(10-13-28)23(30)27-14-16-31-17-15-27;/h2-4,6-7,21-22H,5,8-19H2,1H3,(H,25,26);1H. The number of carbonyl (C=O) groups is 1. The summed E-state index contributed by atoms with van der Waals surface area (Å²) in [5, 5.41) is 3.63. The van der Waals surface area contributed by atoms with Crippen LogP contribution in [0.3, 0.4) is 0 Å². The molecule has 0 spiro atoms. The average molecular weight is 556 g/mol. The van der Waals surface area contributed by atoms with Crippen LogP contribution >= 0.6 is 24.0 Å². The molecule has 3 saturated heterocycles. The van der Waals surface area contributed by atoms with Crippen LogP contribution in [0.1, 0.15) is 31.2 Å². The number of aliphatic imine (C=N–C) groups is 1. The monoisotopic (exact) mass is 555 g/mol. The molecule has 32 heavy (non-hydrogen) atoms. The third-order valence-corrected chi connectivity index (χ3v) is 6.90. The van der Waals surface area contributed by atoms with Gasteiger partial charge in [-0.05, 0) is 37.8 Å². The molecule has 8 heteroatoms. The van der Waals surface area contributed by atoms with Gasteiger partial charge < -0.3 is 19.9 Å². The Morgan fingerprint density at radius 1 is 1.03 bits per heavy atom. The number of rotatable bonds is 5. The number of hydrogen-bond donors (Lipinski definition) is 1. The molecule has 178 valence electrons. The van der Waals surface area contributed by atoms with Gasteiger partial charge in [-0.3, -0.25) is 14.7 Å². The van der Waals surface area contributed by atoms with Crippen LogP contribution < -0.4 is 5.32 Å². The molecule has 1 N–H and O–H groups in total. The lowest BCUT2D eigenvalue weighted by Gasteiger charge is -2.37. The molecular weight excluding hydrogens is 517 g/mol. The van der Waals surface area contributed by atoms with Crippen molar-refractivity contribution < 1.29 is 9.53 Å². The second kappa shape index (κ2) is 12.7. The fourth-order valence-electron chi connectivity index (χ4n) is 5.07. The molecule has 0 saturated carbocycles. The molecule has 4 rings (SSSR count). The van der Waals surface area contributed by atoms with Crippen molar-refractivity contribution in [3.05, 3.63) is 35.9 Å². The quantitative estimate of drug-likeness (QED) is 0.344. The topological polar surface area (TPSA) is 60.4 Å². The summed E-state index contributed by atoms with van der Waals surface area (Å²) in [7, 11) is 1.86. The van der Waals surface area contributed by atoms with Crippen LogP contribution in [0.2, 0.25) is 0 Å². The number of halogens is 1. The van der Waals surface area contributed by atoms with Crippen LogP contribution in [0, 0.1) is 5.92 Å². The van der Waals surface area contributed by atoms with Crippen LogP contribution in [0.15, 0.2) is 35.3 Å². The normalized spacial score (nSPS) is 23.2. The van der Waals surface area contributed by atoms with Crippen molar-refractivity contribution in [3.63, 3.8) is 0 Å². The van der Waals surface area contributed by atoms with Gasteiger partial charge in [-0.25, -0.2) is 0 Å². The zero-order valence-electron chi connectivity index (χ0n) is 19.2. The minimum absolute atomic E-state index is 0. The summed E-state index contributed by atoms with van der Waals surface area (Å²) >= 11 is 0. The zero-order chi connectivity index (χ0) is 21.5. The SMILES string of the molecule is CN=C(NCC1CCCN1Cc1ccccc1)N1CCC(C(=O)N2CCOCC2)CC1.I. The maximum absolute atomic E-state index is 12.8. The van der Waals surface area contributed by atoms with Gasteiger partial charge in [0.15, 0.2) is 5.96 Å². The molecule has 7 nitrogen and oxygen atoms in total. The highest BCUT2D eigenvalue weighted by atomic mass is 127. The highest BCUT2D eigenvalue weighted by Crippen LogP contribution is 2.22. The van der Waals surface area contributed by atoms with Gasteiger partial charge in [-0.15, -0.1) is 24.0 Å². The summed E-state index contributed by atoms with van der Waals surface area (Å²) in [5.74, 6) is 1.43. The minimum atomic E-state index is 0. The number of guanidine groups is 1. The lowest BCUT2D eigenvalue weighted by molar-refractivity contribution is -0.140. The van der Waals surface area contributed by atoms with Crippen LogP contribution in [0.4, 0.5) is 0 Å². The number of amides is 1. The second-order valence-corrected chi connectivity index (χ2v) is 8.88. The van der Waals surface area contributed by atoms with Gasteiger partial charge >= 0.3 is 0 Å². The number of morpholine rings is 1. The van der Waals surface area contributed by atoms with Crippen molar-refractivity contribution in [2.75, 3.05) is 59.5 Å². The number of likely N-dealkylation sites (tertiary alicyclic amines) is 2. The van der Waals surface area contributed by atoms with E-state index >= 15 is 0 Å². The minimum Gasteiger partial charge on any atom is -0.378 e. The molecule has 0 aliphatic carbocycles. The summed E-state index contributed by atoms with van der Waals surface area (Å²) in [6, 6.07) is 11.3. The number of benzene rings is 1. The van der Waals surface area contributed by atoms with E-state index in [4.69, 9.17) is 4.74 Å². The van der Waals surface area contributed by atoms with Gasteiger partial charge in [0.25, 0.3) is 0 Å². The van der Waals surface area contributed by atoms with Crippen LogP contribution in [0.5, 0.6) is 0 Å². The molecule has 3 heterocycles. The molecule has 1 amide bonds. The first-order valence-corrected chi connectivity index (χ1v) is 11.8. The average Bonchev–Trinajstić information content (AvgIpc) is 3.27. The van der Waals surface area contributed by atoms with Gasteiger partial charge in [0, 0.05) is 58.3 Å². The number of nitrogens with one attached hydrogen (secondary N) is 1. The van der Waals surface area contributed by atoms with Gasteiger partial charge in [0.05, 0.1) is 13.2 Å². The molecule has 1 unspecified atom stereocenters. The highest BCUT2D eigenvalue weighted by molar-refractivity contribution is 14.0. The molecule has 3 fully saturated rings. The van der Waals surface area contributed by atoms with Crippen molar-refractivity contribution in [3.8, 4) is 0 Å². The summed E-state index contributed by atoms with van der Waals surface area (Å²) < 4.78 is 5.38. The molecular formula is C24H38IN5O2. The fraction of sp³-hybridized carbons (Fsp3) is 0.667. The first kappa shape index (κ1) is 25.2. The molecule has 1 aromatic rings. The van der Waals surface area contributed by atoms with E-state index in [9.17, 15) is 4.79 Å². The Labute approximate surface area is 209 Å². The molecule has 3 aliphatic heterocycles. The predicted octanol–water partition coefficient (Wildman–Crippen LogP) is 2.42. The van der Waals surface area contributed by atoms with Gasteiger partial charge in [-0.1, -0.05) is 30.3 Å². The Balaban J connectivity index is 0.00000289. The lowest BCUT2D eigenvalue weighted by atomic mass is 9.95. The molecule has 3 aliphatic rings. The largest absolute Gasteiger partial charge is 0.378 e. The summed E-state index contributed by atoms with van der Waals surface area (Å²) in [6.07, 6.45) is 4.29. The van der Waals surface area contributed by atoms with Crippen LogP contribution in [0.25, 0.3) is 0 Å². The van der Waals surface area contributed by atoms with Crippen LogP contribution in [-0.4, -0.2) is 92.1 Å². The van der Waals surface area contributed by atoms with Gasteiger partial charge in [-0.2, -0.15) is 0 Å². The first-order valence-electron chi connectivity index (χ1n) is 11.8. The van der Waals surface area contributed by atoms with Gasteiger partial charge in [0.1, 0.15) is 0 Å². The molecule has 1 atom stereocenters. The Hall–Kier alpha value is -1.39. The van der Waals surface area contributed by atoms with E-state index in [1.807, 2.05) is 11.9 Å². The van der Waals surface area contributed by atoms with Crippen molar-refractivity contribution in [2.24, 2.45) is 10.9 Å². The number of carbonyl (C=O) groups excluding carboxylic acids is 1.